The van der Waals surface area contributed by atoms with Crippen LogP contribution < -0.4 is 0 Å². The van der Waals surface area contributed by atoms with Gasteiger partial charge in [-0.25, -0.2) is 0 Å². The van der Waals surface area contributed by atoms with Crippen LogP contribution in [0.25, 0.3) is 0 Å². The van der Waals surface area contributed by atoms with Crippen molar-refractivity contribution in [3.05, 3.63) is 0 Å². The minimum atomic E-state index is -1.62. The maximum atomic E-state index is 12.1. The summed E-state index contributed by atoms with van der Waals surface area (Å²) in [5.41, 5.74) is -1.37. The van der Waals surface area contributed by atoms with Crippen LogP contribution in [0.5, 0.6) is 0 Å². The van der Waals surface area contributed by atoms with E-state index in [4.69, 9.17) is 18.9 Å². The van der Waals surface area contributed by atoms with E-state index in [-0.39, 0.29) is 34.7 Å². The lowest BCUT2D eigenvalue weighted by atomic mass is 9.39. The molecule has 0 aromatic carbocycles. The molecule has 2 heterocycles. The lowest BCUT2D eigenvalue weighted by Gasteiger charge is -2.66. The van der Waals surface area contributed by atoms with Gasteiger partial charge in [0.25, 0.3) is 0 Å². The minimum Gasteiger partial charge on any atom is -0.396 e. The second-order valence-corrected chi connectivity index (χ2v) is 20.3. The molecule has 2 aliphatic heterocycles. The lowest BCUT2D eigenvalue weighted by molar-refractivity contribution is -0.376. The van der Waals surface area contributed by atoms with E-state index in [0.29, 0.717) is 30.6 Å². The van der Waals surface area contributed by atoms with Crippen molar-refractivity contribution in [3.63, 3.8) is 0 Å². The summed E-state index contributed by atoms with van der Waals surface area (Å²) in [5, 5.41) is 97.4. The summed E-state index contributed by atoms with van der Waals surface area (Å²) >= 11 is 0. The molecule has 0 spiro atoms. The highest BCUT2D eigenvalue weighted by molar-refractivity contribution is 5.16. The van der Waals surface area contributed by atoms with Gasteiger partial charge in [-0.15, -0.1) is 0 Å². The van der Waals surface area contributed by atoms with Crippen LogP contribution in [0.2, 0.25) is 0 Å². The zero-order valence-electron chi connectivity index (χ0n) is 34.2. The minimum absolute atomic E-state index is 0.0625. The summed E-state index contributed by atoms with van der Waals surface area (Å²) in [7, 11) is 0. The zero-order valence-corrected chi connectivity index (χ0v) is 34.2. The van der Waals surface area contributed by atoms with E-state index in [1.165, 1.54) is 0 Å². The third-order valence-electron chi connectivity index (χ3n) is 16.4. The van der Waals surface area contributed by atoms with Crippen molar-refractivity contribution in [1.82, 2.24) is 0 Å². The van der Waals surface area contributed by atoms with Gasteiger partial charge in [-0.05, 0) is 110 Å². The van der Waals surface area contributed by atoms with Gasteiger partial charge in [0.15, 0.2) is 12.6 Å². The highest BCUT2D eigenvalue weighted by Gasteiger charge is 2.67. The molecule has 0 aromatic rings. The fourth-order valence-corrected chi connectivity index (χ4v) is 13.4. The molecule has 6 aliphatic rings. The molecular weight excluding hydrogens is 712 g/mol. The van der Waals surface area contributed by atoms with Gasteiger partial charge in [0.2, 0.25) is 0 Å². The Labute approximate surface area is 327 Å². The molecule has 4 saturated carbocycles. The molecule has 9 N–H and O–H groups in total. The Morgan fingerprint density at radius 3 is 2.00 bits per heavy atom. The highest BCUT2D eigenvalue weighted by atomic mass is 16.8. The topological polar surface area (TPSA) is 219 Å². The number of hydrogen-bond donors (Lipinski definition) is 9. The van der Waals surface area contributed by atoms with Crippen LogP contribution in [-0.4, -0.2) is 139 Å². The molecule has 2 saturated heterocycles. The van der Waals surface area contributed by atoms with Crippen molar-refractivity contribution in [2.45, 2.75) is 186 Å². The summed E-state index contributed by atoms with van der Waals surface area (Å²) in [6.07, 6.45) is -4.54. The van der Waals surface area contributed by atoms with E-state index in [2.05, 4.69) is 41.5 Å². The summed E-state index contributed by atoms with van der Waals surface area (Å²) in [4.78, 5) is 0. The molecule has 20 atom stereocenters. The molecular formula is C42H74O13. The second-order valence-electron chi connectivity index (χ2n) is 20.3. The van der Waals surface area contributed by atoms with Crippen LogP contribution in [0.15, 0.2) is 0 Å². The van der Waals surface area contributed by atoms with Crippen LogP contribution in [0, 0.1) is 57.7 Å². The molecule has 0 amide bonds. The van der Waals surface area contributed by atoms with Gasteiger partial charge in [0, 0.05) is 5.92 Å². The monoisotopic (exact) mass is 787 g/mol. The number of ether oxygens (including phenoxy) is 4. The van der Waals surface area contributed by atoms with Gasteiger partial charge in [-0.2, -0.15) is 0 Å². The third-order valence-corrected chi connectivity index (χ3v) is 16.4. The Hall–Kier alpha value is -0.520. The van der Waals surface area contributed by atoms with Gasteiger partial charge in [-0.3, -0.25) is 0 Å². The Bertz CT molecular complexity index is 1280. The normalized spacial score (nSPS) is 50.9. The van der Waals surface area contributed by atoms with Crippen molar-refractivity contribution in [2.24, 2.45) is 57.7 Å². The Morgan fingerprint density at radius 1 is 0.727 bits per heavy atom. The van der Waals surface area contributed by atoms with Gasteiger partial charge < -0.3 is 64.9 Å². The van der Waals surface area contributed by atoms with Crippen molar-refractivity contribution in [1.29, 1.82) is 0 Å². The number of aliphatic hydroxyl groups excluding tert-OH is 8. The summed E-state index contributed by atoms with van der Waals surface area (Å²) in [5.74, 6) is 0.567. The first-order valence-electron chi connectivity index (χ1n) is 21.3. The van der Waals surface area contributed by atoms with E-state index in [9.17, 15) is 46.0 Å². The Balaban J connectivity index is 1.20. The fourth-order valence-electron chi connectivity index (χ4n) is 13.4. The molecule has 0 bridgehead atoms. The molecule has 13 nitrogen and oxygen atoms in total. The first-order chi connectivity index (χ1) is 25.8. The Morgan fingerprint density at radius 2 is 1.36 bits per heavy atom. The first kappa shape index (κ1) is 44.0. The quantitative estimate of drug-likeness (QED) is 0.130. The van der Waals surface area contributed by atoms with Gasteiger partial charge in [-0.1, -0.05) is 54.4 Å². The average Bonchev–Trinajstić information content (AvgIpc) is 3.50. The van der Waals surface area contributed by atoms with E-state index in [1.807, 2.05) is 6.92 Å². The molecule has 6 fully saturated rings. The van der Waals surface area contributed by atoms with Crippen LogP contribution in [0.4, 0.5) is 0 Å². The largest absolute Gasteiger partial charge is 0.396 e. The van der Waals surface area contributed by atoms with Crippen molar-refractivity contribution >= 4 is 0 Å². The maximum absolute atomic E-state index is 12.1. The average molecular weight is 787 g/mol. The SMILES string of the molecule is CC(C)CCCC(C)(O)C1CCC2(C)C3CCC4C(C)(C)C(OC5OC(CO)C(O)C(O)C5OC5OC(CO)C(O)C(CO)C5O)CCC4(C)C3CC(O)C12. The van der Waals surface area contributed by atoms with Gasteiger partial charge in [0.05, 0.1) is 43.7 Å². The van der Waals surface area contributed by atoms with Crippen molar-refractivity contribution in [2.75, 3.05) is 19.8 Å². The fraction of sp³-hybridized carbons (Fsp3) is 1.00. The number of rotatable bonds is 12. The first-order valence-corrected chi connectivity index (χ1v) is 21.3. The molecule has 320 valence electrons. The van der Waals surface area contributed by atoms with E-state index in [0.717, 1.165) is 51.4 Å². The molecule has 4 aliphatic carbocycles. The predicted octanol–water partition coefficient (Wildman–Crippen LogP) is 2.09. The van der Waals surface area contributed by atoms with Crippen LogP contribution >= 0.6 is 0 Å². The highest BCUT2D eigenvalue weighted by Crippen LogP contribution is 2.71. The van der Waals surface area contributed by atoms with E-state index >= 15 is 0 Å². The van der Waals surface area contributed by atoms with Crippen LogP contribution in [0.1, 0.15) is 113 Å². The molecule has 0 aromatic heterocycles. The zero-order chi connectivity index (χ0) is 40.4. The number of hydrogen-bond acceptors (Lipinski definition) is 13. The standard InChI is InChI=1S/C42H74O13/c1-21(2)9-8-14-42(7,51)24-12-15-41(6)23-10-11-29-39(3,4)30(13-16-40(29,5)25(23)17-26(46)31(24)41)54-38-36(35(50)34(49)28(20-45)53-38)55-37-33(48)22(18-43)32(47)27(19-44)52-37/h21-38,43-51H,8-20H2,1-7H3. The predicted molar refractivity (Wildman–Crippen MR) is 201 cm³/mol. The van der Waals surface area contributed by atoms with E-state index < -0.39 is 98.2 Å². The number of fused-ring (bicyclic) bond motifs is 5. The summed E-state index contributed by atoms with van der Waals surface area (Å²) in [6, 6.07) is 0. The molecule has 6 rings (SSSR count). The number of aliphatic hydroxyl groups is 9. The second kappa shape index (κ2) is 16.5. The van der Waals surface area contributed by atoms with Crippen LogP contribution in [0.3, 0.4) is 0 Å². The third kappa shape index (κ3) is 7.72. The van der Waals surface area contributed by atoms with Crippen molar-refractivity contribution in [3.8, 4) is 0 Å². The van der Waals surface area contributed by atoms with Gasteiger partial charge >= 0.3 is 0 Å². The van der Waals surface area contributed by atoms with Crippen LogP contribution in [-0.2, 0) is 18.9 Å². The molecule has 13 heteroatoms. The molecule has 0 radical (unpaired) electrons. The molecule has 55 heavy (non-hydrogen) atoms. The summed E-state index contributed by atoms with van der Waals surface area (Å²) in [6.45, 7) is 13.8. The smallest absolute Gasteiger partial charge is 0.187 e. The Kier molecular flexibility index (Phi) is 13.2. The lowest BCUT2D eigenvalue weighted by Crippen LogP contribution is -2.66. The summed E-state index contributed by atoms with van der Waals surface area (Å²) < 4.78 is 24.6. The molecule has 20 unspecified atom stereocenters. The van der Waals surface area contributed by atoms with Crippen molar-refractivity contribution < 1.29 is 64.9 Å². The maximum Gasteiger partial charge on any atom is 0.187 e. The van der Waals surface area contributed by atoms with E-state index in [1.54, 1.807) is 0 Å². The van der Waals surface area contributed by atoms with Gasteiger partial charge in [0.1, 0.15) is 36.6 Å².